The van der Waals surface area contributed by atoms with Gasteiger partial charge in [-0.05, 0) is 36.6 Å². The molecular weight excluding hydrogens is 414 g/mol. The van der Waals surface area contributed by atoms with E-state index in [-0.39, 0.29) is 11.3 Å². The Morgan fingerprint density at radius 2 is 1.73 bits per heavy atom. The lowest BCUT2D eigenvalue weighted by Gasteiger charge is -2.29. The van der Waals surface area contributed by atoms with E-state index in [9.17, 15) is 9.70 Å². The molecule has 5 nitrogen and oxygen atoms in total. The summed E-state index contributed by atoms with van der Waals surface area (Å²) in [5.74, 6) is -1.60. The number of carbonyl (C=O) groups excluding carboxylic acids is 1. The summed E-state index contributed by atoms with van der Waals surface area (Å²) in [6.07, 6.45) is 10.6. The fraction of sp³-hybridized carbons (Fsp3) is 0.107. The molecule has 1 aliphatic carbocycles. The molecule has 1 heterocycles. The first-order valence-electron chi connectivity index (χ1n) is 10.7. The number of nitroso groups, excluding NO2 is 1. The summed E-state index contributed by atoms with van der Waals surface area (Å²) < 4.78 is 13.0. The highest BCUT2D eigenvalue weighted by Crippen LogP contribution is 2.51. The minimum absolute atomic E-state index is 0.0761. The average Bonchev–Trinajstić information content (AvgIpc) is 3.04. The highest BCUT2D eigenvalue weighted by Gasteiger charge is 2.48. The molecule has 0 bridgehead atoms. The second kappa shape index (κ2) is 8.36. The minimum Gasteiger partial charge on any atom is -0.440 e. The molecule has 0 aromatic heterocycles. The fourth-order valence-corrected chi connectivity index (χ4v) is 4.11. The third-order valence-electron chi connectivity index (χ3n) is 5.78. The average molecular weight is 435 g/mol. The second-order valence-corrected chi connectivity index (χ2v) is 7.98. The largest absolute Gasteiger partial charge is 0.440 e. The molecule has 1 aliphatic heterocycles. The van der Waals surface area contributed by atoms with Crippen LogP contribution in [0, 0.1) is 11.8 Å². The summed E-state index contributed by atoms with van der Waals surface area (Å²) in [4.78, 5) is 23.8. The molecule has 1 amide bonds. The summed E-state index contributed by atoms with van der Waals surface area (Å²) in [6, 6.07) is 20.9. The SMILES string of the molecule is Cc1ccc(-c2cc3c(c(C(=O)N=O)c2)OC(C2=CCC=CC=C2)(c2ccccc2)O3)cc1. The third-order valence-corrected chi connectivity index (χ3v) is 5.78. The maximum Gasteiger partial charge on any atom is 0.320 e. The number of fused-ring (bicyclic) bond motifs is 1. The molecule has 1 atom stereocenters. The number of nitrogens with zero attached hydrogens (tertiary/aromatic N) is 1. The van der Waals surface area contributed by atoms with E-state index in [1.165, 1.54) is 0 Å². The second-order valence-electron chi connectivity index (χ2n) is 7.98. The first-order chi connectivity index (χ1) is 16.1. The van der Waals surface area contributed by atoms with Crippen molar-refractivity contribution in [3.8, 4) is 22.6 Å². The van der Waals surface area contributed by atoms with Gasteiger partial charge in [0, 0.05) is 16.3 Å². The van der Waals surface area contributed by atoms with Gasteiger partial charge in [-0.3, -0.25) is 4.79 Å². The molecule has 162 valence electrons. The molecule has 0 N–H and O–H groups in total. The zero-order valence-corrected chi connectivity index (χ0v) is 18.0. The van der Waals surface area contributed by atoms with E-state index < -0.39 is 11.7 Å². The molecule has 0 spiro atoms. The molecule has 5 rings (SSSR count). The fourth-order valence-electron chi connectivity index (χ4n) is 4.11. The van der Waals surface area contributed by atoms with Gasteiger partial charge in [0.1, 0.15) is 0 Å². The van der Waals surface area contributed by atoms with Crippen molar-refractivity contribution in [2.24, 2.45) is 5.18 Å². The van der Waals surface area contributed by atoms with E-state index in [1.54, 1.807) is 6.07 Å². The van der Waals surface area contributed by atoms with Gasteiger partial charge in [-0.25, -0.2) is 0 Å². The molecule has 0 saturated heterocycles. The first kappa shape index (κ1) is 20.6. The van der Waals surface area contributed by atoms with Crippen LogP contribution in [0.25, 0.3) is 11.1 Å². The topological polar surface area (TPSA) is 65.0 Å². The van der Waals surface area contributed by atoms with Gasteiger partial charge in [0.2, 0.25) is 0 Å². The maximum absolute atomic E-state index is 12.5. The Morgan fingerprint density at radius 1 is 0.939 bits per heavy atom. The van der Waals surface area contributed by atoms with Crippen molar-refractivity contribution in [3.63, 3.8) is 0 Å². The summed E-state index contributed by atoms with van der Waals surface area (Å²) in [5.41, 5.74) is 4.39. The highest BCUT2D eigenvalue weighted by molar-refractivity contribution is 6.00. The van der Waals surface area contributed by atoms with Gasteiger partial charge in [0.25, 0.3) is 0 Å². The Hall–Kier alpha value is -4.25. The predicted molar refractivity (Wildman–Crippen MR) is 127 cm³/mol. The van der Waals surface area contributed by atoms with Gasteiger partial charge >= 0.3 is 11.7 Å². The first-order valence-corrected chi connectivity index (χ1v) is 10.7. The third kappa shape index (κ3) is 3.68. The number of allylic oxidation sites excluding steroid dienone is 4. The van der Waals surface area contributed by atoms with Crippen molar-refractivity contribution in [1.82, 2.24) is 0 Å². The molecule has 2 aliphatic rings. The summed E-state index contributed by atoms with van der Waals surface area (Å²) >= 11 is 0. The molecule has 1 unspecified atom stereocenters. The lowest BCUT2D eigenvalue weighted by Crippen LogP contribution is -2.37. The normalized spacial score (nSPS) is 18.5. The van der Waals surface area contributed by atoms with Crippen LogP contribution < -0.4 is 9.47 Å². The smallest absolute Gasteiger partial charge is 0.320 e. The standard InChI is InChI=1S/C28H21NO4/c1-19-13-15-20(16-14-19)21-17-24(27(30)29-31)26-25(18-21)32-28(33-26,23-11-7-4-8-12-23)22-9-5-2-3-6-10-22/h2-5,7-18H,6H2,1H3. The number of ether oxygens (including phenoxy) is 2. The van der Waals surface area contributed by atoms with Crippen LogP contribution in [-0.2, 0) is 5.79 Å². The van der Waals surface area contributed by atoms with Gasteiger partial charge in [-0.2, -0.15) is 0 Å². The van der Waals surface area contributed by atoms with E-state index in [1.807, 2.05) is 98.0 Å². The Labute approximate surface area is 191 Å². The van der Waals surface area contributed by atoms with Crippen LogP contribution in [0.5, 0.6) is 11.5 Å². The van der Waals surface area contributed by atoms with E-state index in [4.69, 9.17) is 9.47 Å². The number of hydrogen-bond donors (Lipinski definition) is 0. The van der Waals surface area contributed by atoms with Crippen LogP contribution in [0.15, 0.2) is 108 Å². The van der Waals surface area contributed by atoms with Crippen molar-refractivity contribution >= 4 is 5.91 Å². The van der Waals surface area contributed by atoms with Crippen LogP contribution in [0.4, 0.5) is 0 Å². The molecule has 0 saturated carbocycles. The Kier molecular flexibility index (Phi) is 5.23. The van der Waals surface area contributed by atoms with E-state index >= 15 is 0 Å². The van der Waals surface area contributed by atoms with E-state index in [2.05, 4.69) is 5.18 Å². The zero-order chi connectivity index (χ0) is 22.8. The van der Waals surface area contributed by atoms with Crippen LogP contribution in [0.3, 0.4) is 0 Å². The number of aryl methyl sites for hydroxylation is 1. The van der Waals surface area contributed by atoms with Crippen LogP contribution in [-0.4, -0.2) is 5.91 Å². The number of carbonyl (C=O) groups is 1. The Balaban J connectivity index is 1.70. The zero-order valence-electron chi connectivity index (χ0n) is 18.0. The van der Waals surface area contributed by atoms with Crippen molar-refractivity contribution in [1.29, 1.82) is 0 Å². The molecule has 3 aromatic rings. The van der Waals surface area contributed by atoms with Crippen molar-refractivity contribution in [2.45, 2.75) is 19.1 Å². The van der Waals surface area contributed by atoms with Crippen LogP contribution in [0.1, 0.15) is 27.9 Å². The molecule has 0 fully saturated rings. The quantitative estimate of drug-likeness (QED) is 0.431. The summed E-state index contributed by atoms with van der Waals surface area (Å²) in [5, 5.41) is 2.67. The molecular formula is C28H21NO4. The lowest BCUT2D eigenvalue weighted by molar-refractivity contribution is -0.0469. The predicted octanol–water partition coefficient (Wildman–Crippen LogP) is 6.64. The molecule has 5 heteroatoms. The number of amides is 1. The summed E-state index contributed by atoms with van der Waals surface area (Å²) in [6.45, 7) is 2.01. The summed E-state index contributed by atoms with van der Waals surface area (Å²) in [7, 11) is 0. The van der Waals surface area contributed by atoms with Crippen LogP contribution >= 0.6 is 0 Å². The maximum atomic E-state index is 12.5. The Bertz CT molecular complexity index is 1320. The Morgan fingerprint density at radius 3 is 2.48 bits per heavy atom. The minimum atomic E-state index is -1.30. The van der Waals surface area contributed by atoms with E-state index in [0.717, 1.165) is 27.8 Å². The van der Waals surface area contributed by atoms with Gasteiger partial charge in [0.05, 0.1) is 5.56 Å². The van der Waals surface area contributed by atoms with Gasteiger partial charge in [-0.1, -0.05) is 90.5 Å². The van der Waals surface area contributed by atoms with E-state index in [0.29, 0.717) is 12.2 Å². The number of hydrogen-bond acceptors (Lipinski definition) is 4. The lowest BCUT2D eigenvalue weighted by atomic mass is 9.96. The number of rotatable bonds is 4. The van der Waals surface area contributed by atoms with Crippen molar-refractivity contribution < 1.29 is 14.3 Å². The van der Waals surface area contributed by atoms with Gasteiger partial charge in [0.15, 0.2) is 11.5 Å². The van der Waals surface area contributed by atoms with Crippen LogP contribution in [0.2, 0.25) is 0 Å². The van der Waals surface area contributed by atoms with Gasteiger partial charge < -0.3 is 9.47 Å². The monoisotopic (exact) mass is 435 g/mol. The van der Waals surface area contributed by atoms with Crippen molar-refractivity contribution in [3.05, 3.63) is 124 Å². The molecule has 3 aromatic carbocycles. The number of benzene rings is 3. The molecule has 33 heavy (non-hydrogen) atoms. The van der Waals surface area contributed by atoms with Gasteiger partial charge in [-0.15, -0.1) is 4.91 Å². The molecule has 0 radical (unpaired) electrons. The van der Waals surface area contributed by atoms with Crippen molar-refractivity contribution in [2.75, 3.05) is 0 Å². The highest BCUT2D eigenvalue weighted by atomic mass is 16.7.